The van der Waals surface area contributed by atoms with E-state index in [0.29, 0.717) is 36.7 Å². The molecule has 2 N–H and O–H groups in total. The molecule has 2 aromatic carbocycles. The van der Waals surface area contributed by atoms with E-state index < -0.39 is 23.3 Å². The van der Waals surface area contributed by atoms with Crippen LogP contribution in [0.4, 0.5) is 24.9 Å². The molecular weight excluding hydrogens is 531 g/mol. The number of carbonyl (C=O) groups excluding carboxylic acids is 1. The van der Waals surface area contributed by atoms with Crippen LogP contribution in [0.1, 0.15) is 41.7 Å². The molecule has 2 heterocycles. The fourth-order valence-electron chi connectivity index (χ4n) is 4.86. The van der Waals surface area contributed by atoms with Crippen LogP contribution < -0.4 is 15.5 Å². The Hall–Kier alpha value is -3.86. The van der Waals surface area contributed by atoms with Crippen molar-refractivity contribution in [3.05, 3.63) is 71.0 Å². The summed E-state index contributed by atoms with van der Waals surface area (Å²) in [5, 5.41) is 11.4. The van der Waals surface area contributed by atoms with Crippen LogP contribution in [0.3, 0.4) is 0 Å². The number of aromatic nitrogens is 4. The molecule has 0 spiro atoms. The molecule has 1 fully saturated rings. The van der Waals surface area contributed by atoms with Gasteiger partial charge in [-0.1, -0.05) is 23.7 Å². The first-order chi connectivity index (χ1) is 18.6. The molecule has 1 aliphatic rings. The maximum atomic E-state index is 14.0. The van der Waals surface area contributed by atoms with Crippen LogP contribution >= 0.6 is 11.6 Å². The number of anilines is 2. The second-order valence-electron chi connectivity index (χ2n) is 9.74. The first-order valence-corrected chi connectivity index (χ1v) is 12.9. The Labute approximate surface area is 228 Å². The second kappa shape index (κ2) is 10.7. The van der Waals surface area contributed by atoms with Crippen molar-refractivity contribution in [2.75, 3.05) is 24.3 Å². The van der Waals surface area contributed by atoms with Crippen LogP contribution in [0.5, 0.6) is 0 Å². The minimum Gasteiger partial charge on any atom is -0.362 e. The molecule has 4 aromatic rings. The van der Waals surface area contributed by atoms with E-state index in [2.05, 4.69) is 25.7 Å². The Morgan fingerprint density at radius 3 is 2.33 bits per heavy atom. The van der Waals surface area contributed by atoms with E-state index in [4.69, 9.17) is 11.6 Å². The third kappa shape index (κ3) is 5.78. The fourth-order valence-corrected chi connectivity index (χ4v) is 4.98. The van der Waals surface area contributed by atoms with E-state index in [1.165, 1.54) is 24.3 Å². The first kappa shape index (κ1) is 26.7. The average Bonchev–Trinajstić information content (AvgIpc) is 3.36. The second-order valence-corrected chi connectivity index (χ2v) is 10.2. The lowest BCUT2D eigenvalue weighted by Crippen LogP contribution is -2.40. The van der Waals surface area contributed by atoms with Gasteiger partial charge in [0.05, 0.1) is 23.0 Å². The lowest BCUT2D eigenvalue weighted by Gasteiger charge is -2.30. The Balaban J connectivity index is 1.25. The van der Waals surface area contributed by atoms with Gasteiger partial charge in [0.2, 0.25) is 5.95 Å². The van der Waals surface area contributed by atoms with Gasteiger partial charge < -0.3 is 15.5 Å². The van der Waals surface area contributed by atoms with Gasteiger partial charge in [0.25, 0.3) is 5.91 Å². The van der Waals surface area contributed by atoms with Crippen molar-refractivity contribution in [2.45, 2.75) is 43.9 Å². The summed E-state index contributed by atoms with van der Waals surface area (Å²) in [6, 6.07) is 13.4. The third-order valence-corrected chi connectivity index (χ3v) is 7.01. The van der Waals surface area contributed by atoms with E-state index in [1.54, 1.807) is 0 Å². The SMILES string of the molecule is CN(C)c1nc(N[C@H]2CC[C@@H](NC(=O)c3cnn(-c4ccc(Cl)cc4)c3C(F)(F)F)CC2)nc2ccccc12. The van der Waals surface area contributed by atoms with Gasteiger partial charge in [-0.05, 0) is 62.1 Å². The van der Waals surface area contributed by atoms with Crippen molar-refractivity contribution in [3.63, 3.8) is 0 Å². The minimum atomic E-state index is -4.78. The standard InChI is InChI=1S/C27H27ClF3N7O/c1-37(2)24-20-5-3-4-6-22(20)35-26(36-24)34-18-11-9-17(10-12-18)33-25(39)21-15-32-38(23(21)27(29,30)31)19-13-7-16(28)8-14-19/h3-8,13-15,17-18H,9-12H2,1-2H3,(H,33,39)(H,34,35,36)/t17-,18+. The molecule has 8 nitrogen and oxygen atoms in total. The Kier molecular flexibility index (Phi) is 7.35. The van der Waals surface area contributed by atoms with Crippen molar-refractivity contribution in [2.24, 2.45) is 0 Å². The van der Waals surface area contributed by atoms with E-state index in [9.17, 15) is 18.0 Å². The zero-order valence-electron chi connectivity index (χ0n) is 21.3. The molecule has 1 aliphatic carbocycles. The molecule has 204 valence electrons. The molecule has 0 atom stereocenters. The largest absolute Gasteiger partial charge is 0.434 e. The number of hydrogen-bond acceptors (Lipinski definition) is 6. The highest BCUT2D eigenvalue weighted by Gasteiger charge is 2.41. The van der Waals surface area contributed by atoms with Crippen LogP contribution in [0, 0.1) is 0 Å². The molecule has 12 heteroatoms. The van der Waals surface area contributed by atoms with E-state index >= 15 is 0 Å². The molecule has 0 radical (unpaired) electrons. The molecule has 1 amide bonds. The maximum absolute atomic E-state index is 14.0. The summed E-state index contributed by atoms with van der Waals surface area (Å²) in [6.45, 7) is 0. The van der Waals surface area contributed by atoms with Crippen molar-refractivity contribution < 1.29 is 18.0 Å². The number of hydrogen-bond donors (Lipinski definition) is 2. The quantitative estimate of drug-likeness (QED) is 0.316. The molecule has 39 heavy (non-hydrogen) atoms. The monoisotopic (exact) mass is 557 g/mol. The number of alkyl halides is 3. The van der Waals surface area contributed by atoms with Gasteiger partial charge in [-0.3, -0.25) is 4.79 Å². The summed E-state index contributed by atoms with van der Waals surface area (Å²) >= 11 is 5.86. The lowest BCUT2D eigenvalue weighted by atomic mass is 9.91. The van der Waals surface area contributed by atoms with Crippen molar-refractivity contribution in [1.29, 1.82) is 0 Å². The number of amides is 1. The Morgan fingerprint density at radius 2 is 1.67 bits per heavy atom. The summed E-state index contributed by atoms with van der Waals surface area (Å²) in [6.07, 6.45) is -1.22. The van der Waals surface area contributed by atoms with Gasteiger partial charge in [0.1, 0.15) is 5.82 Å². The normalized spacial score (nSPS) is 17.7. The predicted octanol–water partition coefficient (Wildman–Crippen LogP) is 5.71. The molecule has 0 saturated heterocycles. The Morgan fingerprint density at radius 1 is 1.00 bits per heavy atom. The van der Waals surface area contributed by atoms with Crippen LogP contribution in [0.2, 0.25) is 5.02 Å². The first-order valence-electron chi connectivity index (χ1n) is 12.5. The van der Waals surface area contributed by atoms with Crippen LogP contribution in [0.15, 0.2) is 54.7 Å². The molecule has 0 bridgehead atoms. The molecule has 0 unspecified atom stereocenters. The topological polar surface area (TPSA) is 88.0 Å². The number of carbonyl (C=O) groups is 1. The molecule has 5 rings (SSSR count). The highest BCUT2D eigenvalue weighted by Crippen LogP contribution is 2.34. The predicted molar refractivity (Wildman–Crippen MR) is 145 cm³/mol. The van der Waals surface area contributed by atoms with E-state index in [1.807, 2.05) is 43.3 Å². The number of nitrogens with one attached hydrogen (secondary N) is 2. The van der Waals surface area contributed by atoms with Crippen molar-refractivity contribution in [1.82, 2.24) is 25.1 Å². The molecular formula is C27H27ClF3N7O. The van der Waals surface area contributed by atoms with Crippen LogP contribution in [-0.2, 0) is 6.18 Å². The van der Waals surface area contributed by atoms with Gasteiger partial charge in [-0.25, -0.2) is 9.67 Å². The fraction of sp³-hybridized carbons (Fsp3) is 0.333. The summed E-state index contributed by atoms with van der Waals surface area (Å²) < 4.78 is 42.7. The van der Waals surface area contributed by atoms with Gasteiger partial charge in [-0.15, -0.1) is 0 Å². The van der Waals surface area contributed by atoms with Crippen molar-refractivity contribution in [3.8, 4) is 5.69 Å². The summed E-state index contributed by atoms with van der Waals surface area (Å²) in [5.41, 5.74) is -0.647. The molecule has 0 aliphatic heterocycles. The minimum absolute atomic E-state index is 0.0766. The number of fused-ring (bicyclic) bond motifs is 1. The van der Waals surface area contributed by atoms with Crippen molar-refractivity contribution >= 4 is 40.2 Å². The van der Waals surface area contributed by atoms with Crippen LogP contribution in [0.25, 0.3) is 16.6 Å². The smallest absolute Gasteiger partial charge is 0.362 e. The van der Waals surface area contributed by atoms with Gasteiger partial charge >= 0.3 is 6.18 Å². The highest BCUT2D eigenvalue weighted by atomic mass is 35.5. The number of benzene rings is 2. The Bertz CT molecular complexity index is 1480. The average molecular weight is 558 g/mol. The lowest BCUT2D eigenvalue weighted by molar-refractivity contribution is -0.143. The number of para-hydroxylation sites is 1. The zero-order valence-corrected chi connectivity index (χ0v) is 22.1. The third-order valence-electron chi connectivity index (χ3n) is 6.76. The number of nitrogens with zero attached hydrogens (tertiary/aromatic N) is 5. The van der Waals surface area contributed by atoms with Gasteiger partial charge in [-0.2, -0.15) is 23.3 Å². The van der Waals surface area contributed by atoms with E-state index in [-0.39, 0.29) is 17.8 Å². The summed E-state index contributed by atoms with van der Waals surface area (Å²) in [4.78, 5) is 24.2. The van der Waals surface area contributed by atoms with Gasteiger partial charge in [0, 0.05) is 36.6 Å². The highest BCUT2D eigenvalue weighted by molar-refractivity contribution is 6.30. The molecule has 2 aromatic heterocycles. The van der Waals surface area contributed by atoms with E-state index in [0.717, 1.165) is 27.6 Å². The summed E-state index contributed by atoms with van der Waals surface area (Å²) in [5.74, 6) is 0.533. The number of halogens is 4. The summed E-state index contributed by atoms with van der Waals surface area (Å²) in [7, 11) is 3.85. The maximum Gasteiger partial charge on any atom is 0.434 e. The van der Waals surface area contributed by atoms with Crippen LogP contribution in [-0.4, -0.2) is 51.8 Å². The zero-order chi connectivity index (χ0) is 27.7. The number of rotatable bonds is 6. The molecule has 1 saturated carbocycles. The van der Waals surface area contributed by atoms with Gasteiger partial charge in [0.15, 0.2) is 5.69 Å².